The van der Waals surface area contributed by atoms with E-state index in [9.17, 15) is 27.8 Å². The number of hydrogen-bond acceptors (Lipinski definition) is 5. The second-order valence-corrected chi connectivity index (χ2v) is 8.07. The zero-order valence-corrected chi connectivity index (χ0v) is 14.8. The van der Waals surface area contributed by atoms with Gasteiger partial charge < -0.3 is 15.3 Å². The summed E-state index contributed by atoms with van der Waals surface area (Å²) in [5.74, 6) is -5.37. The minimum Gasteiger partial charge on any atom is -0.507 e. The maximum absolute atomic E-state index is 13.5. The molecule has 0 radical (unpaired) electrons. The average molecular weight is 440 g/mol. The number of phenols is 2. The average Bonchev–Trinajstić information content (AvgIpc) is 2.45. The van der Waals surface area contributed by atoms with Crippen LogP contribution in [0.3, 0.4) is 0 Å². The van der Waals surface area contributed by atoms with Crippen LogP contribution >= 0.6 is 27.5 Å². The molecule has 6 nitrogen and oxygen atoms in total. The number of carboxylic acids is 1. The highest BCUT2D eigenvalue weighted by molar-refractivity contribution is 9.10. The van der Waals surface area contributed by atoms with Crippen molar-refractivity contribution < 1.29 is 32.9 Å². The smallest absolute Gasteiger partial charge is 0.339 e. The number of sulfone groups is 1. The SMILES string of the molecule is O=C(O)c1cc(Cl)cc(CS(=O)(=O)c2cc(Br)cc(F)c2O)c1O. The van der Waals surface area contributed by atoms with E-state index in [4.69, 9.17) is 16.7 Å². The van der Waals surface area contributed by atoms with Gasteiger partial charge in [0.1, 0.15) is 16.2 Å². The van der Waals surface area contributed by atoms with E-state index in [1.165, 1.54) is 0 Å². The Kier molecular flexibility index (Phi) is 5.07. The topological polar surface area (TPSA) is 112 Å². The molecule has 10 heteroatoms. The molecule has 0 bridgehead atoms. The molecular weight excluding hydrogens is 431 g/mol. The van der Waals surface area contributed by atoms with E-state index in [1.54, 1.807) is 0 Å². The standard InChI is InChI=1S/C14H9BrClFO6S/c15-7-2-10(17)13(19)11(3-7)24(22,23)5-6-1-8(16)4-9(12(6)18)14(20)21/h1-4,18-19H,5H2,(H,20,21). The van der Waals surface area contributed by atoms with Gasteiger partial charge in [-0.3, -0.25) is 0 Å². The van der Waals surface area contributed by atoms with Gasteiger partial charge in [0, 0.05) is 15.1 Å². The van der Waals surface area contributed by atoms with E-state index < -0.39 is 49.3 Å². The first kappa shape index (κ1) is 18.5. The molecule has 3 N–H and O–H groups in total. The van der Waals surface area contributed by atoms with Crippen LogP contribution in [0.1, 0.15) is 15.9 Å². The van der Waals surface area contributed by atoms with E-state index >= 15 is 0 Å². The molecule has 2 aromatic rings. The summed E-state index contributed by atoms with van der Waals surface area (Å²) in [6, 6.07) is 3.92. The normalized spacial score (nSPS) is 11.5. The van der Waals surface area contributed by atoms with Crippen molar-refractivity contribution in [2.45, 2.75) is 10.6 Å². The fraction of sp³-hybridized carbons (Fsp3) is 0.0714. The van der Waals surface area contributed by atoms with Gasteiger partial charge in [0.25, 0.3) is 0 Å². The number of carbonyl (C=O) groups is 1. The third kappa shape index (κ3) is 3.63. The summed E-state index contributed by atoms with van der Waals surface area (Å²) in [7, 11) is -4.30. The maximum Gasteiger partial charge on any atom is 0.339 e. The highest BCUT2D eigenvalue weighted by Gasteiger charge is 2.26. The first-order chi connectivity index (χ1) is 11.0. The third-order valence-corrected chi connectivity index (χ3v) is 5.41. The molecule has 0 saturated heterocycles. The highest BCUT2D eigenvalue weighted by Crippen LogP contribution is 2.35. The Morgan fingerprint density at radius 3 is 2.38 bits per heavy atom. The molecule has 128 valence electrons. The van der Waals surface area contributed by atoms with Crippen LogP contribution in [-0.2, 0) is 15.6 Å². The van der Waals surface area contributed by atoms with Crippen LogP contribution in [0.15, 0.2) is 33.6 Å². The second kappa shape index (κ2) is 6.58. The van der Waals surface area contributed by atoms with Crippen molar-refractivity contribution in [1.29, 1.82) is 0 Å². The molecule has 0 atom stereocenters. The van der Waals surface area contributed by atoms with Crippen molar-refractivity contribution in [2.75, 3.05) is 0 Å². The lowest BCUT2D eigenvalue weighted by atomic mass is 10.1. The van der Waals surface area contributed by atoms with Crippen molar-refractivity contribution in [3.63, 3.8) is 0 Å². The number of carboxylic acid groups (broad SMARTS) is 1. The molecule has 2 rings (SSSR count). The highest BCUT2D eigenvalue weighted by atomic mass is 79.9. The molecule has 2 aromatic carbocycles. The second-order valence-electron chi connectivity index (χ2n) is 4.76. The molecular formula is C14H9BrClFO6S. The Labute approximate surface area is 149 Å². The Morgan fingerprint density at radius 2 is 1.79 bits per heavy atom. The maximum atomic E-state index is 13.5. The van der Waals surface area contributed by atoms with Crippen LogP contribution in [0, 0.1) is 5.82 Å². The van der Waals surface area contributed by atoms with Crippen LogP contribution in [-0.4, -0.2) is 29.7 Å². The zero-order valence-electron chi connectivity index (χ0n) is 11.6. The molecule has 0 aliphatic rings. The molecule has 0 fully saturated rings. The van der Waals surface area contributed by atoms with Gasteiger partial charge in [-0.25, -0.2) is 17.6 Å². The van der Waals surface area contributed by atoms with Crippen molar-refractivity contribution >= 4 is 43.3 Å². The van der Waals surface area contributed by atoms with E-state index in [1.807, 2.05) is 0 Å². The Hall–Kier alpha value is -1.84. The van der Waals surface area contributed by atoms with Gasteiger partial charge in [-0.2, -0.15) is 0 Å². The first-order valence-electron chi connectivity index (χ1n) is 6.18. The Balaban J connectivity index is 2.57. The van der Waals surface area contributed by atoms with Crippen LogP contribution < -0.4 is 0 Å². The van der Waals surface area contributed by atoms with Gasteiger partial charge in [-0.15, -0.1) is 0 Å². The predicted octanol–water partition coefficient (Wildman–Crippen LogP) is 3.32. The summed E-state index contributed by atoms with van der Waals surface area (Å²) < 4.78 is 38.5. The Bertz CT molecular complexity index is 945. The summed E-state index contributed by atoms with van der Waals surface area (Å²) in [4.78, 5) is 10.3. The molecule has 0 spiro atoms. The summed E-state index contributed by atoms with van der Waals surface area (Å²) in [5, 5.41) is 28.5. The molecule has 0 aromatic heterocycles. The molecule has 0 heterocycles. The van der Waals surface area contributed by atoms with E-state index in [0.717, 1.165) is 24.3 Å². The monoisotopic (exact) mass is 438 g/mol. The fourth-order valence-corrected chi connectivity index (χ4v) is 4.30. The molecule has 0 aliphatic carbocycles. The Morgan fingerprint density at radius 1 is 1.17 bits per heavy atom. The molecule has 24 heavy (non-hydrogen) atoms. The van der Waals surface area contributed by atoms with Crippen LogP contribution in [0.25, 0.3) is 0 Å². The summed E-state index contributed by atoms with van der Waals surface area (Å²) in [6.07, 6.45) is 0. The quantitative estimate of drug-likeness (QED) is 0.674. The number of halogens is 3. The lowest BCUT2D eigenvalue weighted by Gasteiger charge is -2.11. The third-order valence-electron chi connectivity index (χ3n) is 3.06. The summed E-state index contributed by atoms with van der Waals surface area (Å²) in [5.41, 5.74) is -0.864. The van der Waals surface area contributed by atoms with Crippen molar-refractivity contribution in [3.05, 3.63) is 50.7 Å². The fourth-order valence-electron chi connectivity index (χ4n) is 1.99. The van der Waals surface area contributed by atoms with Crippen LogP contribution in [0.4, 0.5) is 4.39 Å². The van der Waals surface area contributed by atoms with Crippen LogP contribution in [0.2, 0.25) is 5.02 Å². The van der Waals surface area contributed by atoms with Crippen molar-refractivity contribution in [2.24, 2.45) is 0 Å². The molecule has 0 saturated carbocycles. The van der Waals surface area contributed by atoms with Crippen LogP contribution in [0.5, 0.6) is 11.5 Å². The van der Waals surface area contributed by atoms with Crippen molar-refractivity contribution in [1.82, 2.24) is 0 Å². The van der Waals surface area contributed by atoms with Gasteiger partial charge in [0.2, 0.25) is 0 Å². The largest absolute Gasteiger partial charge is 0.507 e. The predicted molar refractivity (Wildman–Crippen MR) is 86.7 cm³/mol. The zero-order chi connectivity index (χ0) is 18.2. The van der Waals surface area contributed by atoms with Gasteiger partial charge in [0.05, 0.1) is 5.75 Å². The molecule has 0 aliphatic heterocycles. The first-order valence-corrected chi connectivity index (χ1v) is 9.00. The lowest BCUT2D eigenvalue weighted by Crippen LogP contribution is -2.08. The number of phenolic OH excluding ortho intramolecular Hbond substituents is 1. The van der Waals surface area contributed by atoms with Gasteiger partial charge in [-0.05, 0) is 24.3 Å². The minimum absolute atomic E-state index is 0.0814. The summed E-state index contributed by atoms with van der Waals surface area (Å²) >= 11 is 8.65. The van der Waals surface area contributed by atoms with E-state index in [0.29, 0.717) is 0 Å². The van der Waals surface area contributed by atoms with Gasteiger partial charge >= 0.3 is 5.97 Å². The number of rotatable bonds is 4. The van der Waals surface area contributed by atoms with Gasteiger partial charge in [0.15, 0.2) is 21.4 Å². The van der Waals surface area contributed by atoms with Gasteiger partial charge in [-0.1, -0.05) is 27.5 Å². The molecule has 0 unspecified atom stereocenters. The lowest BCUT2D eigenvalue weighted by molar-refractivity contribution is 0.0693. The van der Waals surface area contributed by atoms with E-state index in [2.05, 4.69) is 15.9 Å². The van der Waals surface area contributed by atoms with Crippen molar-refractivity contribution in [3.8, 4) is 11.5 Å². The number of aromatic carboxylic acids is 1. The number of benzene rings is 2. The molecule has 0 amide bonds. The van der Waals surface area contributed by atoms with E-state index in [-0.39, 0.29) is 15.1 Å². The minimum atomic E-state index is -4.30. The number of hydrogen-bond donors (Lipinski definition) is 3. The summed E-state index contributed by atoms with van der Waals surface area (Å²) in [6.45, 7) is 0. The number of aromatic hydroxyl groups is 2.